The van der Waals surface area contributed by atoms with Gasteiger partial charge in [-0.05, 0) is 30.2 Å². The lowest BCUT2D eigenvalue weighted by Gasteiger charge is -2.20. The van der Waals surface area contributed by atoms with Gasteiger partial charge in [0.15, 0.2) is 0 Å². The van der Waals surface area contributed by atoms with Gasteiger partial charge in [-0.3, -0.25) is 4.79 Å². The summed E-state index contributed by atoms with van der Waals surface area (Å²) < 4.78 is 0. The van der Waals surface area contributed by atoms with Crippen LogP contribution in [0.25, 0.3) is 0 Å². The number of hydrogen-bond acceptors (Lipinski definition) is 2. The summed E-state index contributed by atoms with van der Waals surface area (Å²) in [6.07, 6.45) is 0.713. The van der Waals surface area contributed by atoms with Crippen molar-refractivity contribution in [2.24, 2.45) is 5.10 Å². The predicted octanol–water partition coefficient (Wildman–Crippen LogP) is 4.35. The summed E-state index contributed by atoms with van der Waals surface area (Å²) in [5, 5.41) is 6.79. The molecule has 0 bridgehead atoms. The molecule has 22 heavy (non-hydrogen) atoms. The number of rotatable bonds is 2. The van der Waals surface area contributed by atoms with Crippen molar-refractivity contribution in [1.29, 1.82) is 0 Å². The van der Waals surface area contributed by atoms with Gasteiger partial charge in [0.1, 0.15) is 0 Å². The van der Waals surface area contributed by atoms with Gasteiger partial charge in [-0.25, -0.2) is 5.01 Å². The van der Waals surface area contributed by atoms with Crippen LogP contribution in [0.15, 0.2) is 53.6 Å². The Labute approximate surface area is 135 Å². The molecule has 1 heterocycles. The first-order valence-corrected chi connectivity index (χ1v) is 7.62. The number of carbonyl (C=O) groups is 1. The second-order valence-electron chi connectivity index (χ2n) is 5.55. The molecule has 0 unspecified atom stereocenters. The smallest absolute Gasteiger partial charge is 0.240 e. The number of benzene rings is 2. The fourth-order valence-electron chi connectivity index (χ4n) is 2.67. The average molecular weight is 313 g/mol. The van der Waals surface area contributed by atoms with E-state index in [0.29, 0.717) is 11.4 Å². The SMILES string of the molecule is CC(=O)N1N=C(c2ccc(C)cc2)C[C@H]1c1ccc(Cl)cc1. The van der Waals surface area contributed by atoms with E-state index in [2.05, 4.69) is 36.3 Å². The fraction of sp³-hybridized carbons (Fsp3) is 0.222. The minimum Gasteiger partial charge on any atom is -0.273 e. The number of halogens is 1. The Balaban J connectivity index is 1.92. The van der Waals surface area contributed by atoms with E-state index in [4.69, 9.17) is 11.6 Å². The fourth-order valence-corrected chi connectivity index (χ4v) is 2.79. The van der Waals surface area contributed by atoms with Gasteiger partial charge in [0, 0.05) is 18.4 Å². The first kappa shape index (κ1) is 14.8. The van der Waals surface area contributed by atoms with Gasteiger partial charge in [-0.1, -0.05) is 53.6 Å². The molecule has 0 spiro atoms. The molecule has 0 N–H and O–H groups in total. The van der Waals surface area contributed by atoms with E-state index in [9.17, 15) is 4.79 Å². The normalized spacial score (nSPS) is 17.5. The summed E-state index contributed by atoms with van der Waals surface area (Å²) in [4.78, 5) is 11.9. The average Bonchev–Trinajstić information content (AvgIpc) is 2.94. The van der Waals surface area contributed by atoms with Crippen LogP contribution >= 0.6 is 11.6 Å². The molecule has 0 saturated heterocycles. The van der Waals surface area contributed by atoms with Crippen LogP contribution < -0.4 is 0 Å². The van der Waals surface area contributed by atoms with E-state index in [1.54, 1.807) is 11.9 Å². The molecule has 1 aliphatic heterocycles. The van der Waals surface area contributed by atoms with Crippen LogP contribution in [0.2, 0.25) is 5.02 Å². The zero-order valence-electron chi connectivity index (χ0n) is 12.6. The highest BCUT2D eigenvalue weighted by Gasteiger charge is 2.31. The third-order valence-electron chi connectivity index (χ3n) is 3.87. The molecule has 2 aromatic rings. The van der Waals surface area contributed by atoms with Crippen LogP contribution in [0.4, 0.5) is 0 Å². The molecule has 1 amide bonds. The number of carbonyl (C=O) groups excluding carboxylic acids is 1. The number of nitrogens with zero attached hydrogens (tertiary/aromatic N) is 2. The molecule has 0 fully saturated rings. The number of amides is 1. The zero-order chi connectivity index (χ0) is 15.7. The van der Waals surface area contributed by atoms with Crippen molar-refractivity contribution in [3.63, 3.8) is 0 Å². The Morgan fingerprint density at radius 3 is 2.36 bits per heavy atom. The second-order valence-corrected chi connectivity index (χ2v) is 5.98. The monoisotopic (exact) mass is 312 g/mol. The maximum Gasteiger partial charge on any atom is 0.240 e. The molecule has 0 saturated carbocycles. The summed E-state index contributed by atoms with van der Waals surface area (Å²) in [5.41, 5.74) is 4.26. The molecular formula is C18H17ClN2O. The van der Waals surface area contributed by atoms with Crippen molar-refractivity contribution >= 4 is 23.2 Å². The molecule has 112 valence electrons. The third kappa shape index (κ3) is 2.90. The van der Waals surface area contributed by atoms with Crippen LogP contribution in [-0.4, -0.2) is 16.6 Å². The van der Waals surface area contributed by atoms with Gasteiger partial charge >= 0.3 is 0 Å². The lowest BCUT2D eigenvalue weighted by Crippen LogP contribution is -2.24. The first-order valence-electron chi connectivity index (χ1n) is 7.24. The Morgan fingerprint density at radius 2 is 1.77 bits per heavy atom. The summed E-state index contributed by atoms with van der Waals surface area (Å²) in [7, 11) is 0. The summed E-state index contributed by atoms with van der Waals surface area (Å²) in [5.74, 6) is -0.0536. The molecule has 2 aromatic carbocycles. The van der Waals surface area contributed by atoms with E-state index in [1.165, 1.54) is 5.56 Å². The van der Waals surface area contributed by atoms with Crippen molar-refractivity contribution in [1.82, 2.24) is 5.01 Å². The molecule has 3 rings (SSSR count). The van der Waals surface area contributed by atoms with Gasteiger partial charge in [-0.2, -0.15) is 5.10 Å². The Bertz CT molecular complexity index is 720. The van der Waals surface area contributed by atoms with E-state index in [-0.39, 0.29) is 11.9 Å². The van der Waals surface area contributed by atoms with Gasteiger partial charge < -0.3 is 0 Å². The lowest BCUT2D eigenvalue weighted by atomic mass is 9.98. The lowest BCUT2D eigenvalue weighted by molar-refractivity contribution is -0.130. The van der Waals surface area contributed by atoms with Gasteiger partial charge in [0.05, 0.1) is 11.8 Å². The van der Waals surface area contributed by atoms with Gasteiger partial charge in [0.25, 0.3) is 0 Å². The Morgan fingerprint density at radius 1 is 1.14 bits per heavy atom. The third-order valence-corrected chi connectivity index (χ3v) is 4.12. The van der Waals surface area contributed by atoms with Crippen LogP contribution in [-0.2, 0) is 4.79 Å². The van der Waals surface area contributed by atoms with E-state index in [1.807, 2.05) is 24.3 Å². The number of aryl methyl sites for hydroxylation is 1. The van der Waals surface area contributed by atoms with Crippen molar-refractivity contribution in [2.75, 3.05) is 0 Å². The highest BCUT2D eigenvalue weighted by Crippen LogP contribution is 2.33. The molecule has 0 aliphatic carbocycles. The molecule has 3 nitrogen and oxygen atoms in total. The van der Waals surface area contributed by atoms with Crippen LogP contribution in [0, 0.1) is 6.92 Å². The Kier molecular flexibility index (Phi) is 3.99. The van der Waals surface area contributed by atoms with Gasteiger partial charge in [0.2, 0.25) is 5.91 Å². The molecule has 4 heteroatoms. The molecule has 0 aromatic heterocycles. The quantitative estimate of drug-likeness (QED) is 0.811. The minimum atomic E-state index is -0.0638. The topological polar surface area (TPSA) is 32.7 Å². The van der Waals surface area contributed by atoms with Crippen LogP contribution in [0.1, 0.15) is 36.1 Å². The highest BCUT2D eigenvalue weighted by atomic mass is 35.5. The number of hydrogen-bond donors (Lipinski definition) is 0. The maximum absolute atomic E-state index is 11.9. The minimum absolute atomic E-state index is 0.0536. The van der Waals surface area contributed by atoms with E-state index < -0.39 is 0 Å². The van der Waals surface area contributed by atoms with Gasteiger partial charge in [-0.15, -0.1) is 0 Å². The molecule has 1 aliphatic rings. The van der Waals surface area contributed by atoms with E-state index in [0.717, 1.165) is 16.8 Å². The maximum atomic E-state index is 11.9. The number of hydrazone groups is 1. The molecular weight excluding hydrogens is 296 g/mol. The highest BCUT2D eigenvalue weighted by molar-refractivity contribution is 6.30. The van der Waals surface area contributed by atoms with Crippen LogP contribution in [0.5, 0.6) is 0 Å². The predicted molar refractivity (Wildman–Crippen MR) is 89.0 cm³/mol. The second kappa shape index (κ2) is 5.93. The van der Waals surface area contributed by atoms with Crippen LogP contribution in [0.3, 0.4) is 0 Å². The standard InChI is InChI=1S/C18H17ClN2O/c1-12-3-5-14(6-4-12)17-11-18(21(20-17)13(2)22)15-7-9-16(19)10-8-15/h3-10,18H,11H2,1-2H3/t18-/m0/s1. The zero-order valence-corrected chi connectivity index (χ0v) is 13.3. The molecule has 0 radical (unpaired) electrons. The van der Waals surface area contributed by atoms with Crippen molar-refractivity contribution in [2.45, 2.75) is 26.3 Å². The summed E-state index contributed by atoms with van der Waals surface area (Å²) >= 11 is 5.95. The van der Waals surface area contributed by atoms with Crippen molar-refractivity contribution in [3.8, 4) is 0 Å². The van der Waals surface area contributed by atoms with Crippen molar-refractivity contribution < 1.29 is 4.79 Å². The molecule has 1 atom stereocenters. The first-order chi connectivity index (χ1) is 10.5. The Hall–Kier alpha value is -2.13. The van der Waals surface area contributed by atoms with E-state index >= 15 is 0 Å². The summed E-state index contributed by atoms with van der Waals surface area (Å²) in [6.45, 7) is 3.60. The summed E-state index contributed by atoms with van der Waals surface area (Å²) in [6, 6.07) is 15.8. The largest absolute Gasteiger partial charge is 0.273 e. The van der Waals surface area contributed by atoms with Crippen molar-refractivity contribution in [3.05, 3.63) is 70.2 Å².